The van der Waals surface area contributed by atoms with Crippen LogP contribution < -0.4 is 11.5 Å². The van der Waals surface area contributed by atoms with E-state index in [4.69, 9.17) is 11.5 Å². The van der Waals surface area contributed by atoms with Gasteiger partial charge in [0.25, 0.3) is 0 Å². The van der Waals surface area contributed by atoms with Crippen LogP contribution in [0.3, 0.4) is 0 Å². The van der Waals surface area contributed by atoms with Crippen molar-refractivity contribution >= 4 is 11.4 Å². The lowest BCUT2D eigenvalue weighted by Gasteiger charge is -2.35. The van der Waals surface area contributed by atoms with E-state index in [9.17, 15) is 0 Å². The van der Waals surface area contributed by atoms with Crippen LogP contribution in [0.1, 0.15) is 0 Å². The summed E-state index contributed by atoms with van der Waals surface area (Å²) in [5.41, 5.74) is 28.7. The van der Waals surface area contributed by atoms with E-state index in [0.29, 0.717) is 11.4 Å². The van der Waals surface area contributed by atoms with Crippen molar-refractivity contribution in [3.05, 3.63) is 133 Å². The van der Waals surface area contributed by atoms with E-state index in [1.165, 1.54) is 33.4 Å². The highest BCUT2D eigenvalue weighted by atomic mass is 14.7. The second kappa shape index (κ2) is 8.79. The molecule has 4 N–H and O–H groups in total. The maximum atomic E-state index is 6.86. The third-order valence-electron chi connectivity index (χ3n) is 7.58. The largest absolute Gasteiger partial charge is 0.397 e. The molecule has 2 heteroatoms. The minimum atomic E-state index is 0.632. The minimum absolute atomic E-state index is 0.632. The lowest BCUT2D eigenvalue weighted by Crippen LogP contribution is -2.12. The van der Waals surface area contributed by atoms with Crippen LogP contribution >= 0.6 is 0 Å². The number of rotatable bonds is 4. The Morgan fingerprint density at radius 3 is 1.18 bits per heavy atom. The maximum absolute atomic E-state index is 6.86. The Hall–Kier alpha value is -5.08. The van der Waals surface area contributed by atoms with Crippen molar-refractivity contribution in [3.63, 3.8) is 0 Å². The average molecular weight is 487 g/mol. The summed E-state index contributed by atoms with van der Waals surface area (Å²) in [6.45, 7) is 0. The molecule has 0 atom stereocenters. The molecule has 0 aliphatic heterocycles. The fourth-order valence-electron chi connectivity index (χ4n) is 5.89. The zero-order valence-corrected chi connectivity index (χ0v) is 20.9. The minimum Gasteiger partial charge on any atom is -0.397 e. The lowest BCUT2D eigenvalue weighted by molar-refractivity contribution is 1.48. The quantitative estimate of drug-likeness (QED) is 0.244. The molecule has 38 heavy (non-hydrogen) atoms. The van der Waals surface area contributed by atoms with Crippen molar-refractivity contribution in [3.8, 4) is 66.8 Å². The molecule has 0 heterocycles. The number of benzene rings is 6. The van der Waals surface area contributed by atoms with Crippen molar-refractivity contribution in [2.24, 2.45) is 0 Å². The van der Waals surface area contributed by atoms with E-state index in [1.807, 2.05) is 6.07 Å². The monoisotopic (exact) mass is 486 g/mol. The van der Waals surface area contributed by atoms with Gasteiger partial charge in [-0.3, -0.25) is 0 Å². The summed E-state index contributed by atoms with van der Waals surface area (Å²) in [6.07, 6.45) is 0. The van der Waals surface area contributed by atoms with Gasteiger partial charge in [-0.05, 0) is 44.5 Å². The standard InChI is InChI=1S/C36H26N2/c37-35-31(26-19-11-4-12-20-26)30(25-17-9-3-10-18-25)34-32-28(33(34)36(35)38)22-21-27(23-13-5-1-6-14-23)29(32)24-15-7-2-8-16-24/h1-22H,37-38H2. The molecule has 0 spiro atoms. The molecule has 0 unspecified atom stereocenters. The van der Waals surface area contributed by atoms with Gasteiger partial charge in [0.2, 0.25) is 0 Å². The smallest absolute Gasteiger partial charge is 0.0640 e. The van der Waals surface area contributed by atoms with Gasteiger partial charge >= 0.3 is 0 Å². The van der Waals surface area contributed by atoms with Gasteiger partial charge in [-0.15, -0.1) is 0 Å². The molecular formula is C36H26N2. The predicted octanol–water partition coefficient (Wildman–Crippen LogP) is 9.17. The molecule has 7 rings (SSSR count). The van der Waals surface area contributed by atoms with Crippen LogP contribution in [0.25, 0.3) is 66.8 Å². The highest BCUT2D eigenvalue weighted by molar-refractivity contribution is 6.24. The fourth-order valence-corrected chi connectivity index (χ4v) is 5.89. The summed E-state index contributed by atoms with van der Waals surface area (Å²) in [4.78, 5) is 0. The molecule has 0 saturated heterocycles. The molecule has 0 saturated carbocycles. The molecule has 2 nitrogen and oxygen atoms in total. The van der Waals surface area contributed by atoms with Gasteiger partial charge in [0.15, 0.2) is 0 Å². The molecule has 180 valence electrons. The normalized spacial score (nSPS) is 11.4. The summed E-state index contributed by atoms with van der Waals surface area (Å²) in [5.74, 6) is 0. The Bertz CT molecular complexity index is 1790. The summed E-state index contributed by atoms with van der Waals surface area (Å²) >= 11 is 0. The van der Waals surface area contributed by atoms with E-state index in [0.717, 1.165) is 33.4 Å². The predicted molar refractivity (Wildman–Crippen MR) is 161 cm³/mol. The second-order valence-electron chi connectivity index (χ2n) is 9.70. The highest BCUT2D eigenvalue weighted by Gasteiger charge is 2.36. The van der Waals surface area contributed by atoms with Crippen LogP contribution in [0, 0.1) is 0 Å². The van der Waals surface area contributed by atoms with Crippen molar-refractivity contribution < 1.29 is 0 Å². The zero-order valence-electron chi connectivity index (χ0n) is 20.9. The third-order valence-corrected chi connectivity index (χ3v) is 7.58. The van der Waals surface area contributed by atoms with Crippen LogP contribution in [0.4, 0.5) is 11.4 Å². The van der Waals surface area contributed by atoms with E-state index >= 15 is 0 Å². The average Bonchev–Trinajstić information content (AvgIpc) is 2.98. The SMILES string of the molecule is Nc1c(N)c2c(c(-c3ccccc3)c1-c1ccccc1)-c1c-2ccc(-c2ccccc2)c1-c1ccccc1. The fraction of sp³-hybridized carbons (Fsp3) is 0. The van der Waals surface area contributed by atoms with Crippen LogP contribution in [-0.4, -0.2) is 0 Å². The molecule has 6 aromatic carbocycles. The van der Waals surface area contributed by atoms with Gasteiger partial charge < -0.3 is 11.5 Å². The summed E-state index contributed by atoms with van der Waals surface area (Å²) in [5, 5.41) is 0. The number of anilines is 2. The van der Waals surface area contributed by atoms with Crippen molar-refractivity contribution in [1.29, 1.82) is 0 Å². The molecule has 1 aliphatic rings. The van der Waals surface area contributed by atoms with Gasteiger partial charge in [-0.25, -0.2) is 0 Å². The van der Waals surface area contributed by atoms with Gasteiger partial charge in [0, 0.05) is 22.3 Å². The number of fused-ring (bicyclic) bond motifs is 4. The molecule has 0 amide bonds. The van der Waals surface area contributed by atoms with Crippen LogP contribution in [0.5, 0.6) is 0 Å². The first-order valence-electron chi connectivity index (χ1n) is 12.9. The van der Waals surface area contributed by atoms with E-state index in [-0.39, 0.29) is 0 Å². The van der Waals surface area contributed by atoms with Crippen molar-refractivity contribution in [2.45, 2.75) is 0 Å². The van der Waals surface area contributed by atoms with E-state index in [2.05, 4.69) is 127 Å². The van der Waals surface area contributed by atoms with Crippen LogP contribution in [0.2, 0.25) is 0 Å². The van der Waals surface area contributed by atoms with Crippen molar-refractivity contribution in [1.82, 2.24) is 0 Å². The first-order valence-corrected chi connectivity index (χ1v) is 12.9. The number of nitrogen functional groups attached to an aromatic ring is 2. The lowest BCUT2D eigenvalue weighted by atomic mass is 9.69. The van der Waals surface area contributed by atoms with Crippen molar-refractivity contribution in [2.75, 3.05) is 11.5 Å². The van der Waals surface area contributed by atoms with Gasteiger partial charge in [0.1, 0.15) is 0 Å². The first-order chi connectivity index (χ1) is 18.7. The molecule has 0 bridgehead atoms. The molecule has 6 aromatic rings. The van der Waals surface area contributed by atoms with Gasteiger partial charge in [-0.2, -0.15) is 0 Å². The second-order valence-corrected chi connectivity index (χ2v) is 9.70. The van der Waals surface area contributed by atoms with Crippen LogP contribution in [-0.2, 0) is 0 Å². The number of nitrogens with two attached hydrogens (primary N) is 2. The zero-order chi connectivity index (χ0) is 25.6. The molecule has 0 fully saturated rings. The summed E-state index contributed by atoms with van der Waals surface area (Å²) in [6, 6.07) is 46.6. The Morgan fingerprint density at radius 2 is 0.658 bits per heavy atom. The van der Waals surface area contributed by atoms with E-state index in [1.54, 1.807) is 0 Å². The summed E-state index contributed by atoms with van der Waals surface area (Å²) in [7, 11) is 0. The molecule has 0 aromatic heterocycles. The Morgan fingerprint density at radius 1 is 0.263 bits per heavy atom. The Kier molecular flexibility index (Phi) is 5.12. The molecule has 0 radical (unpaired) electrons. The molecular weight excluding hydrogens is 460 g/mol. The Labute approximate surface area is 222 Å². The van der Waals surface area contributed by atoms with Gasteiger partial charge in [0.05, 0.1) is 11.4 Å². The Balaban J connectivity index is 1.63. The van der Waals surface area contributed by atoms with Crippen LogP contribution in [0.15, 0.2) is 133 Å². The number of hydrogen-bond donors (Lipinski definition) is 2. The highest BCUT2D eigenvalue weighted by Crippen LogP contribution is 2.63. The van der Waals surface area contributed by atoms with Gasteiger partial charge in [-0.1, -0.05) is 133 Å². The molecule has 1 aliphatic carbocycles. The topological polar surface area (TPSA) is 52.0 Å². The summed E-state index contributed by atoms with van der Waals surface area (Å²) < 4.78 is 0. The number of hydrogen-bond acceptors (Lipinski definition) is 2. The first kappa shape index (κ1) is 22.1. The maximum Gasteiger partial charge on any atom is 0.0640 e. The van der Waals surface area contributed by atoms with E-state index < -0.39 is 0 Å². The third kappa shape index (κ3) is 3.28.